The second-order valence-corrected chi connectivity index (χ2v) is 6.24. The van der Waals surface area contributed by atoms with Crippen LogP contribution in [-0.2, 0) is 10.5 Å². The number of carbonyl (C=O) groups excluding carboxylic acids is 1. The van der Waals surface area contributed by atoms with E-state index in [-0.39, 0.29) is 11.9 Å². The van der Waals surface area contributed by atoms with Gasteiger partial charge in [-0.15, -0.1) is 11.8 Å². The molecule has 0 aliphatic rings. The van der Waals surface area contributed by atoms with Crippen LogP contribution in [0.15, 0.2) is 27.9 Å². The van der Waals surface area contributed by atoms with Crippen LogP contribution in [0, 0.1) is 13.8 Å². The fourth-order valence-corrected chi connectivity index (χ4v) is 3.27. The summed E-state index contributed by atoms with van der Waals surface area (Å²) in [5.74, 6) is 1.31. The predicted molar refractivity (Wildman–Crippen MR) is 88.6 cm³/mol. The summed E-state index contributed by atoms with van der Waals surface area (Å²) in [5.41, 5.74) is 2.47. The summed E-state index contributed by atoms with van der Waals surface area (Å²) in [5, 5.41) is 7.54. The third-order valence-electron chi connectivity index (χ3n) is 3.34. The number of rotatable bonds is 7. The molecule has 0 saturated heterocycles. The molecule has 1 N–H and O–H groups in total. The largest absolute Gasteiger partial charge is 0.383 e. The molecule has 6 nitrogen and oxygen atoms in total. The van der Waals surface area contributed by atoms with Gasteiger partial charge in [-0.25, -0.2) is 4.98 Å². The van der Waals surface area contributed by atoms with Crippen molar-refractivity contribution in [3.8, 4) is 0 Å². The monoisotopic (exact) mass is 335 g/mol. The summed E-state index contributed by atoms with van der Waals surface area (Å²) in [6.45, 7) is 6.15. The van der Waals surface area contributed by atoms with Crippen molar-refractivity contribution in [1.29, 1.82) is 0 Å². The minimum absolute atomic E-state index is 0.0619. The van der Waals surface area contributed by atoms with Gasteiger partial charge in [-0.2, -0.15) is 0 Å². The zero-order chi connectivity index (χ0) is 16.8. The van der Waals surface area contributed by atoms with E-state index in [4.69, 9.17) is 9.26 Å². The van der Waals surface area contributed by atoms with E-state index in [0.29, 0.717) is 22.9 Å². The second kappa shape index (κ2) is 8.12. The Morgan fingerprint density at radius 1 is 1.48 bits per heavy atom. The van der Waals surface area contributed by atoms with Gasteiger partial charge in [0.25, 0.3) is 5.91 Å². The number of carbonyl (C=O) groups is 1. The van der Waals surface area contributed by atoms with Gasteiger partial charge in [-0.3, -0.25) is 4.79 Å². The summed E-state index contributed by atoms with van der Waals surface area (Å²) in [6.07, 6.45) is 1.69. The minimum atomic E-state index is -0.149. The second-order valence-electron chi connectivity index (χ2n) is 5.28. The Morgan fingerprint density at radius 2 is 2.26 bits per heavy atom. The number of hydrogen-bond donors (Lipinski definition) is 1. The molecule has 0 aliphatic heterocycles. The van der Waals surface area contributed by atoms with Crippen molar-refractivity contribution in [2.24, 2.45) is 0 Å². The molecule has 2 aromatic rings. The van der Waals surface area contributed by atoms with Gasteiger partial charge in [0, 0.05) is 30.7 Å². The fraction of sp³-hybridized carbons (Fsp3) is 0.438. The Kier molecular flexibility index (Phi) is 6.18. The Labute approximate surface area is 140 Å². The molecule has 23 heavy (non-hydrogen) atoms. The van der Waals surface area contributed by atoms with Crippen molar-refractivity contribution >= 4 is 17.7 Å². The van der Waals surface area contributed by atoms with Crippen LogP contribution in [0.1, 0.15) is 34.3 Å². The van der Waals surface area contributed by atoms with Gasteiger partial charge >= 0.3 is 0 Å². The molecule has 0 aliphatic carbocycles. The van der Waals surface area contributed by atoms with Crippen molar-refractivity contribution in [3.63, 3.8) is 0 Å². The highest BCUT2D eigenvalue weighted by molar-refractivity contribution is 7.98. The highest BCUT2D eigenvalue weighted by Gasteiger charge is 2.16. The third-order valence-corrected chi connectivity index (χ3v) is 4.38. The van der Waals surface area contributed by atoms with E-state index in [0.717, 1.165) is 17.0 Å². The average molecular weight is 335 g/mol. The number of aryl methyl sites for hydroxylation is 2. The highest BCUT2D eigenvalue weighted by Crippen LogP contribution is 2.27. The highest BCUT2D eigenvalue weighted by atomic mass is 32.2. The third kappa shape index (κ3) is 4.56. The molecule has 0 spiro atoms. The number of methoxy groups -OCH3 is 1. The lowest BCUT2D eigenvalue weighted by atomic mass is 10.2. The van der Waals surface area contributed by atoms with E-state index in [1.165, 1.54) is 11.8 Å². The molecule has 0 saturated carbocycles. The van der Waals surface area contributed by atoms with Crippen molar-refractivity contribution in [2.75, 3.05) is 13.7 Å². The molecule has 7 heteroatoms. The number of hydrogen-bond acceptors (Lipinski definition) is 6. The van der Waals surface area contributed by atoms with E-state index < -0.39 is 0 Å². The number of nitrogens with one attached hydrogen (secondary N) is 1. The molecule has 0 radical (unpaired) electrons. The van der Waals surface area contributed by atoms with Crippen molar-refractivity contribution in [1.82, 2.24) is 15.5 Å². The molecule has 1 unspecified atom stereocenters. The van der Waals surface area contributed by atoms with Crippen LogP contribution in [-0.4, -0.2) is 35.8 Å². The SMILES string of the molecule is COCC(C)NC(=O)c1cccnc1SCc1c(C)noc1C. The fourth-order valence-electron chi connectivity index (χ4n) is 2.12. The zero-order valence-corrected chi connectivity index (χ0v) is 14.6. The van der Waals surface area contributed by atoms with Gasteiger partial charge < -0.3 is 14.6 Å². The first kappa shape index (κ1) is 17.5. The summed E-state index contributed by atoms with van der Waals surface area (Å²) < 4.78 is 10.2. The van der Waals surface area contributed by atoms with Crippen LogP contribution < -0.4 is 5.32 Å². The summed E-state index contributed by atoms with van der Waals surface area (Å²) in [7, 11) is 1.61. The van der Waals surface area contributed by atoms with Crippen LogP contribution in [0.5, 0.6) is 0 Å². The lowest BCUT2D eigenvalue weighted by Crippen LogP contribution is -2.35. The van der Waals surface area contributed by atoms with Crippen LogP contribution in [0.25, 0.3) is 0 Å². The number of amides is 1. The minimum Gasteiger partial charge on any atom is -0.383 e. The van der Waals surface area contributed by atoms with Gasteiger partial charge in [-0.05, 0) is 32.9 Å². The number of thioether (sulfide) groups is 1. The Bertz CT molecular complexity index is 653. The first-order chi connectivity index (χ1) is 11.0. The maximum absolute atomic E-state index is 12.4. The van der Waals surface area contributed by atoms with E-state index in [1.54, 1.807) is 25.4 Å². The molecule has 0 bridgehead atoms. The van der Waals surface area contributed by atoms with Gasteiger partial charge in [0.15, 0.2) is 0 Å². The predicted octanol–water partition coefficient (Wildman–Crippen LogP) is 2.74. The molecule has 2 heterocycles. The lowest BCUT2D eigenvalue weighted by molar-refractivity contribution is 0.0902. The van der Waals surface area contributed by atoms with E-state index in [9.17, 15) is 4.79 Å². The van der Waals surface area contributed by atoms with Gasteiger partial charge in [0.1, 0.15) is 10.8 Å². The molecular weight excluding hydrogens is 314 g/mol. The summed E-state index contributed by atoms with van der Waals surface area (Å²) in [6, 6.07) is 3.47. The smallest absolute Gasteiger partial charge is 0.254 e. The van der Waals surface area contributed by atoms with Gasteiger partial charge in [0.05, 0.1) is 17.9 Å². The number of aromatic nitrogens is 2. The maximum atomic E-state index is 12.4. The Hall–Kier alpha value is -1.86. The Balaban J connectivity index is 2.10. The summed E-state index contributed by atoms with van der Waals surface area (Å²) >= 11 is 1.50. The molecule has 2 rings (SSSR count). The van der Waals surface area contributed by atoms with E-state index in [2.05, 4.69) is 15.5 Å². The van der Waals surface area contributed by atoms with Crippen molar-refractivity contribution in [3.05, 3.63) is 40.9 Å². The van der Waals surface area contributed by atoms with Gasteiger partial charge in [-0.1, -0.05) is 5.16 Å². The number of ether oxygens (including phenoxy) is 1. The lowest BCUT2D eigenvalue weighted by Gasteiger charge is -2.14. The van der Waals surface area contributed by atoms with Gasteiger partial charge in [0.2, 0.25) is 0 Å². The van der Waals surface area contributed by atoms with Crippen LogP contribution >= 0.6 is 11.8 Å². The van der Waals surface area contributed by atoms with Crippen molar-refractivity contribution in [2.45, 2.75) is 37.6 Å². The maximum Gasteiger partial charge on any atom is 0.254 e. The quantitative estimate of drug-likeness (QED) is 0.784. The molecular formula is C16H21N3O3S. The average Bonchev–Trinajstić information content (AvgIpc) is 2.84. The number of pyridine rings is 1. The topological polar surface area (TPSA) is 77.2 Å². The van der Waals surface area contributed by atoms with Crippen molar-refractivity contribution < 1.29 is 14.1 Å². The molecule has 1 amide bonds. The molecule has 0 fully saturated rings. The first-order valence-corrected chi connectivity index (χ1v) is 8.30. The Morgan fingerprint density at radius 3 is 2.91 bits per heavy atom. The van der Waals surface area contributed by atoms with Crippen LogP contribution in [0.3, 0.4) is 0 Å². The van der Waals surface area contributed by atoms with Crippen LogP contribution in [0.4, 0.5) is 0 Å². The normalized spacial score (nSPS) is 12.2. The molecule has 0 aromatic carbocycles. The summed E-state index contributed by atoms with van der Waals surface area (Å²) in [4.78, 5) is 16.7. The first-order valence-electron chi connectivity index (χ1n) is 7.32. The van der Waals surface area contributed by atoms with E-state index in [1.807, 2.05) is 20.8 Å². The molecule has 2 aromatic heterocycles. The molecule has 124 valence electrons. The van der Waals surface area contributed by atoms with Crippen LogP contribution in [0.2, 0.25) is 0 Å². The zero-order valence-electron chi connectivity index (χ0n) is 13.8. The standard InChI is InChI=1S/C16H21N3O3S/c1-10(8-21-4)18-15(20)13-6-5-7-17-16(13)23-9-14-11(2)19-22-12(14)3/h5-7,10H,8-9H2,1-4H3,(H,18,20). The molecule has 1 atom stereocenters. The van der Waals surface area contributed by atoms with E-state index >= 15 is 0 Å². The number of nitrogens with zero attached hydrogens (tertiary/aromatic N) is 2.